The van der Waals surface area contributed by atoms with Crippen LogP contribution in [-0.2, 0) is 10.5 Å². The van der Waals surface area contributed by atoms with Crippen LogP contribution in [0.25, 0.3) is 16.6 Å². The summed E-state index contributed by atoms with van der Waals surface area (Å²) in [5.74, 6) is 1.31. The van der Waals surface area contributed by atoms with Gasteiger partial charge in [-0.3, -0.25) is 4.40 Å². The van der Waals surface area contributed by atoms with E-state index in [1.54, 1.807) is 13.2 Å². The van der Waals surface area contributed by atoms with Crippen LogP contribution >= 0.6 is 11.8 Å². The number of carbonyl (C=O) groups is 1. The molecule has 4 aromatic rings. The first-order valence-electron chi connectivity index (χ1n) is 8.22. The van der Waals surface area contributed by atoms with E-state index in [1.807, 2.05) is 35.6 Å². The number of hydrogen-bond acceptors (Lipinski definition) is 7. The number of aryl methyl sites for hydroxylation is 1. The Morgan fingerprint density at radius 3 is 2.85 bits per heavy atom. The number of nitrogens with zero attached hydrogens (tertiary/aromatic N) is 3. The third-order valence-electron chi connectivity index (χ3n) is 4.36. The number of fused-ring (bicyclic) bond motifs is 3. The van der Waals surface area contributed by atoms with Crippen LogP contribution in [-0.4, -0.2) is 34.8 Å². The number of methoxy groups -OCH3 is 2. The van der Waals surface area contributed by atoms with E-state index in [0.717, 1.165) is 27.9 Å². The third kappa shape index (κ3) is 3.02. The average Bonchev–Trinajstić information content (AvgIpc) is 3.32. The van der Waals surface area contributed by atoms with Gasteiger partial charge in [-0.2, -0.15) is 0 Å². The number of furan rings is 1. The maximum absolute atomic E-state index is 11.8. The number of pyridine rings is 1. The van der Waals surface area contributed by atoms with Gasteiger partial charge >= 0.3 is 5.97 Å². The van der Waals surface area contributed by atoms with Gasteiger partial charge in [0.2, 0.25) is 0 Å². The van der Waals surface area contributed by atoms with E-state index in [1.165, 1.54) is 25.1 Å². The van der Waals surface area contributed by atoms with Crippen LogP contribution in [0.1, 0.15) is 21.7 Å². The van der Waals surface area contributed by atoms with Crippen molar-refractivity contribution >= 4 is 34.3 Å². The quantitative estimate of drug-likeness (QED) is 0.382. The highest BCUT2D eigenvalue weighted by atomic mass is 32.2. The zero-order valence-corrected chi connectivity index (χ0v) is 15.9. The molecule has 138 valence electrons. The molecule has 3 aromatic heterocycles. The maximum Gasteiger partial charge on any atom is 0.341 e. The molecule has 0 amide bonds. The summed E-state index contributed by atoms with van der Waals surface area (Å²) in [6, 6.07) is 9.53. The number of carbonyl (C=O) groups excluding carboxylic acids is 1. The monoisotopic (exact) mass is 383 g/mol. The van der Waals surface area contributed by atoms with Gasteiger partial charge in [0.1, 0.15) is 17.1 Å². The molecule has 0 unspecified atom stereocenters. The summed E-state index contributed by atoms with van der Waals surface area (Å²) in [5.41, 5.74) is 3.25. The number of hydrogen-bond donors (Lipinski definition) is 0. The minimum atomic E-state index is -0.420. The van der Waals surface area contributed by atoms with Crippen molar-refractivity contribution in [3.05, 3.63) is 53.5 Å². The summed E-state index contributed by atoms with van der Waals surface area (Å²) in [7, 11) is 2.99. The van der Waals surface area contributed by atoms with Crippen molar-refractivity contribution in [1.29, 1.82) is 0 Å². The van der Waals surface area contributed by atoms with E-state index in [9.17, 15) is 4.79 Å². The fourth-order valence-electron chi connectivity index (χ4n) is 3.00. The molecular weight excluding hydrogens is 366 g/mol. The SMILES string of the molecule is COC(=O)c1ccoc1CSc1nnc2cc(C)c3ccc(OC)cc3n12. The number of ether oxygens (including phenoxy) is 2. The predicted octanol–water partition coefficient (Wildman–Crippen LogP) is 3.87. The van der Waals surface area contributed by atoms with Gasteiger partial charge in [0.25, 0.3) is 0 Å². The highest BCUT2D eigenvalue weighted by molar-refractivity contribution is 7.98. The van der Waals surface area contributed by atoms with Crippen LogP contribution < -0.4 is 4.74 Å². The third-order valence-corrected chi connectivity index (χ3v) is 5.29. The molecule has 0 saturated carbocycles. The first kappa shape index (κ1) is 17.4. The van der Waals surface area contributed by atoms with Gasteiger partial charge in [0, 0.05) is 11.5 Å². The fourth-order valence-corrected chi connectivity index (χ4v) is 3.90. The minimum absolute atomic E-state index is 0.418. The lowest BCUT2D eigenvalue weighted by Gasteiger charge is -2.09. The molecular formula is C19H17N3O4S. The van der Waals surface area contributed by atoms with Crippen LogP contribution in [0.4, 0.5) is 0 Å². The Balaban J connectivity index is 1.76. The largest absolute Gasteiger partial charge is 0.497 e. The zero-order valence-electron chi connectivity index (χ0n) is 15.1. The van der Waals surface area contributed by atoms with Crippen LogP contribution in [0.2, 0.25) is 0 Å². The van der Waals surface area contributed by atoms with Crippen molar-refractivity contribution in [2.45, 2.75) is 17.8 Å². The molecule has 4 rings (SSSR count). The van der Waals surface area contributed by atoms with E-state index < -0.39 is 5.97 Å². The van der Waals surface area contributed by atoms with Crippen LogP contribution in [0.15, 0.2) is 46.2 Å². The van der Waals surface area contributed by atoms with Crippen LogP contribution in [0.3, 0.4) is 0 Å². The second kappa shape index (κ2) is 6.96. The van der Waals surface area contributed by atoms with E-state index in [4.69, 9.17) is 13.9 Å². The fraction of sp³-hybridized carbons (Fsp3) is 0.211. The average molecular weight is 383 g/mol. The summed E-state index contributed by atoms with van der Waals surface area (Å²) >= 11 is 1.44. The topological polar surface area (TPSA) is 78.9 Å². The molecule has 0 atom stereocenters. The van der Waals surface area contributed by atoms with Crippen molar-refractivity contribution in [2.24, 2.45) is 0 Å². The van der Waals surface area contributed by atoms with Gasteiger partial charge in [-0.05, 0) is 36.8 Å². The van der Waals surface area contributed by atoms with Gasteiger partial charge in [0.15, 0.2) is 10.8 Å². The Kier molecular flexibility index (Phi) is 4.49. The molecule has 0 saturated heterocycles. The predicted molar refractivity (Wildman–Crippen MR) is 101 cm³/mol. The lowest BCUT2D eigenvalue weighted by atomic mass is 10.1. The lowest BCUT2D eigenvalue weighted by molar-refractivity contribution is 0.0598. The van der Waals surface area contributed by atoms with Crippen molar-refractivity contribution < 1.29 is 18.7 Å². The molecule has 0 aliphatic rings. The second-order valence-electron chi connectivity index (χ2n) is 5.92. The van der Waals surface area contributed by atoms with Crippen molar-refractivity contribution in [3.63, 3.8) is 0 Å². The number of rotatable bonds is 5. The first-order chi connectivity index (χ1) is 13.1. The van der Waals surface area contributed by atoms with Gasteiger partial charge < -0.3 is 13.9 Å². The van der Waals surface area contributed by atoms with Crippen molar-refractivity contribution in [3.8, 4) is 5.75 Å². The van der Waals surface area contributed by atoms with E-state index in [-0.39, 0.29) is 0 Å². The number of aromatic nitrogens is 3. The molecule has 8 heteroatoms. The minimum Gasteiger partial charge on any atom is -0.497 e. The highest BCUT2D eigenvalue weighted by Gasteiger charge is 2.18. The Morgan fingerprint density at radius 2 is 2.07 bits per heavy atom. The molecule has 0 aliphatic carbocycles. The van der Waals surface area contributed by atoms with E-state index in [2.05, 4.69) is 10.2 Å². The van der Waals surface area contributed by atoms with Gasteiger partial charge in [0.05, 0.1) is 31.8 Å². The molecule has 0 fully saturated rings. The van der Waals surface area contributed by atoms with Crippen LogP contribution in [0, 0.1) is 6.92 Å². The Bertz CT molecular complexity index is 1150. The molecule has 7 nitrogen and oxygen atoms in total. The summed E-state index contributed by atoms with van der Waals surface area (Å²) in [4.78, 5) is 11.8. The Hall–Kier alpha value is -3.00. The van der Waals surface area contributed by atoms with Gasteiger partial charge in [-0.15, -0.1) is 10.2 Å². The molecule has 0 N–H and O–H groups in total. The molecule has 0 spiro atoms. The number of thioether (sulfide) groups is 1. The second-order valence-corrected chi connectivity index (χ2v) is 6.87. The standard InChI is InChI=1S/C19H17N3O4S/c1-11-8-17-20-21-19(22(17)15-9-12(24-2)4-5-13(11)15)27-10-16-14(6-7-26-16)18(23)25-3/h4-9H,10H2,1-3H3. The zero-order chi connectivity index (χ0) is 19.0. The van der Waals surface area contributed by atoms with Crippen molar-refractivity contribution in [1.82, 2.24) is 14.6 Å². The Morgan fingerprint density at radius 1 is 1.22 bits per heavy atom. The molecule has 0 bridgehead atoms. The summed E-state index contributed by atoms with van der Waals surface area (Å²) in [6.45, 7) is 2.04. The maximum atomic E-state index is 11.8. The van der Waals surface area contributed by atoms with Crippen molar-refractivity contribution in [2.75, 3.05) is 14.2 Å². The molecule has 0 aliphatic heterocycles. The molecule has 3 heterocycles. The Labute approximate surface area is 159 Å². The first-order valence-corrected chi connectivity index (χ1v) is 9.21. The van der Waals surface area contributed by atoms with E-state index in [0.29, 0.717) is 22.2 Å². The molecule has 1 aromatic carbocycles. The van der Waals surface area contributed by atoms with Gasteiger partial charge in [-0.1, -0.05) is 11.8 Å². The molecule has 27 heavy (non-hydrogen) atoms. The highest BCUT2D eigenvalue weighted by Crippen LogP contribution is 2.30. The number of esters is 1. The summed E-state index contributed by atoms with van der Waals surface area (Å²) < 4.78 is 17.6. The summed E-state index contributed by atoms with van der Waals surface area (Å²) in [6.07, 6.45) is 1.48. The van der Waals surface area contributed by atoms with E-state index >= 15 is 0 Å². The van der Waals surface area contributed by atoms with Gasteiger partial charge in [-0.25, -0.2) is 4.79 Å². The number of benzene rings is 1. The lowest BCUT2D eigenvalue weighted by Crippen LogP contribution is -2.02. The van der Waals surface area contributed by atoms with Crippen LogP contribution in [0.5, 0.6) is 5.75 Å². The molecule has 0 radical (unpaired) electrons. The summed E-state index contributed by atoms with van der Waals surface area (Å²) in [5, 5.41) is 10.4. The normalized spacial score (nSPS) is 11.2. The smallest absolute Gasteiger partial charge is 0.341 e.